The van der Waals surface area contributed by atoms with Crippen LogP contribution in [0.4, 0.5) is 10.1 Å². The third-order valence-corrected chi connectivity index (χ3v) is 6.29. The number of piperidine rings is 1. The van der Waals surface area contributed by atoms with Gasteiger partial charge in [-0.1, -0.05) is 12.1 Å². The Bertz CT molecular complexity index is 961. The molecule has 2 aliphatic heterocycles. The van der Waals surface area contributed by atoms with Gasteiger partial charge in [-0.05, 0) is 61.1 Å². The Balaban J connectivity index is 1.48. The van der Waals surface area contributed by atoms with E-state index in [9.17, 15) is 4.39 Å². The van der Waals surface area contributed by atoms with Gasteiger partial charge in [0.1, 0.15) is 5.82 Å². The van der Waals surface area contributed by atoms with Crippen LogP contribution in [-0.2, 0) is 0 Å². The first-order valence-electron chi connectivity index (χ1n) is 9.48. The van der Waals surface area contributed by atoms with Crippen LogP contribution in [0.1, 0.15) is 18.4 Å². The minimum atomic E-state index is -0.157. The van der Waals surface area contributed by atoms with Crippen molar-refractivity contribution in [3.05, 3.63) is 60.0 Å². The Labute approximate surface area is 153 Å². The van der Waals surface area contributed by atoms with Gasteiger partial charge < -0.3 is 14.8 Å². The molecular formula is C22H24FN3. The number of nitrogens with zero attached hydrogens (tertiary/aromatic N) is 2. The third kappa shape index (κ3) is 2.43. The lowest BCUT2D eigenvalue weighted by molar-refractivity contribution is 0.126. The molecule has 134 valence electrons. The van der Waals surface area contributed by atoms with Gasteiger partial charge in [0, 0.05) is 49.1 Å². The molecule has 0 aliphatic carbocycles. The smallest absolute Gasteiger partial charge is 0.132 e. The Morgan fingerprint density at radius 1 is 1.00 bits per heavy atom. The summed E-state index contributed by atoms with van der Waals surface area (Å²) < 4.78 is 16.3. The number of hydrogen-bond donors (Lipinski definition) is 1. The number of benzene rings is 2. The average molecular weight is 349 g/mol. The lowest BCUT2D eigenvalue weighted by Gasteiger charge is -2.49. The van der Waals surface area contributed by atoms with E-state index in [1.807, 2.05) is 25.3 Å². The van der Waals surface area contributed by atoms with E-state index < -0.39 is 0 Å². The highest BCUT2D eigenvalue weighted by atomic mass is 19.1. The van der Waals surface area contributed by atoms with Gasteiger partial charge in [-0.25, -0.2) is 4.39 Å². The van der Waals surface area contributed by atoms with Crippen LogP contribution in [0.25, 0.3) is 16.6 Å². The zero-order valence-corrected chi connectivity index (χ0v) is 15.1. The second-order valence-electron chi connectivity index (χ2n) is 7.92. The average Bonchev–Trinajstić information content (AvgIpc) is 3.10. The molecule has 0 atom stereocenters. The molecule has 1 spiro atoms. The van der Waals surface area contributed by atoms with E-state index in [0.29, 0.717) is 10.8 Å². The second kappa shape index (κ2) is 5.85. The largest absolute Gasteiger partial charge is 0.371 e. The van der Waals surface area contributed by atoms with Gasteiger partial charge in [0.2, 0.25) is 0 Å². The van der Waals surface area contributed by atoms with E-state index in [2.05, 4.69) is 39.0 Å². The normalized spacial score (nSPS) is 19.1. The molecule has 0 radical (unpaired) electrons. The molecule has 0 amide bonds. The molecule has 2 aromatic carbocycles. The van der Waals surface area contributed by atoms with Gasteiger partial charge in [-0.3, -0.25) is 0 Å². The van der Waals surface area contributed by atoms with Crippen molar-refractivity contribution < 1.29 is 4.39 Å². The fraction of sp³-hybridized carbons (Fsp3) is 0.364. The summed E-state index contributed by atoms with van der Waals surface area (Å²) in [6.45, 7) is 6.64. The molecule has 1 N–H and O–H groups in total. The molecule has 3 aromatic rings. The Morgan fingerprint density at radius 3 is 2.50 bits per heavy atom. The van der Waals surface area contributed by atoms with Crippen molar-refractivity contribution in [2.45, 2.75) is 19.8 Å². The van der Waals surface area contributed by atoms with E-state index in [-0.39, 0.29) is 5.82 Å². The summed E-state index contributed by atoms with van der Waals surface area (Å²) in [4.78, 5) is 2.49. The van der Waals surface area contributed by atoms with Crippen LogP contribution >= 0.6 is 0 Å². The number of hydrogen-bond acceptors (Lipinski definition) is 2. The number of rotatable bonds is 2. The molecule has 0 unspecified atom stereocenters. The highest BCUT2D eigenvalue weighted by Gasteiger charge is 2.39. The van der Waals surface area contributed by atoms with Gasteiger partial charge in [-0.2, -0.15) is 0 Å². The number of fused-ring (bicyclic) bond motifs is 1. The van der Waals surface area contributed by atoms with Gasteiger partial charge in [0.25, 0.3) is 0 Å². The Morgan fingerprint density at radius 2 is 1.77 bits per heavy atom. The van der Waals surface area contributed by atoms with Crippen molar-refractivity contribution in [3.8, 4) is 5.69 Å². The molecule has 3 heterocycles. The first kappa shape index (κ1) is 15.9. The minimum Gasteiger partial charge on any atom is -0.371 e. The maximum Gasteiger partial charge on any atom is 0.132 e. The number of anilines is 1. The topological polar surface area (TPSA) is 20.2 Å². The molecule has 5 rings (SSSR count). The Kier molecular flexibility index (Phi) is 3.57. The maximum atomic E-state index is 14.2. The summed E-state index contributed by atoms with van der Waals surface area (Å²) in [7, 11) is 0. The lowest BCUT2D eigenvalue weighted by Crippen LogP contribution is -2.58. The molecule has 2 fully saturated rings. The monoisotopic (exact) mass is 349 g/mol. The number of aryl methyl sites for hydroxylation is 1. The molecule has 2 saturated heterocycles. The highest BCUT2D eigenvalue weighted by molar-refractivity contribution is 5.85. The number of aromatic nitrogens is 1. The lowest BCUT2D eigenvalue weighted by atomic mass is 9.73. The fourth-order valence-electron chi connectivity index (χ4n) is 4.52. The summed E-state index contributed by atoms with van der Waals surface area (Å²) in [5.74, 6) is -0.157. The summed E-state index contributed by atoms with van der Waals surface area (Å²) in [6.07, 6.45) is 4.51. The summed E-state index contributed by atoms with van der Waals surface area (Å²) >= 11 is 0. The van der Waals surface area contributed by atoms with Crippen LogP contribution in [0.15, 0.2) is 48.7 Å². The van der Waals surface area contributed by atoms with E-state index in [1.165, 1.54) is 31.6 Å². The molecule has 4 heteroatoms. The molecule has 1 aromatic heterocycles. The van der Waals surface area contributed by atoms with Gasteiger partial charge in [0.15, 0.2) is 0 Å². The summed E-state index contributed by atoms with van der Waals surface area (Å²) in [5.41, 5.74) is 4.96. The van der Waals surface area contributed by atoms with Gasteiger partial charge >= 0.3 is 0 Å². The van der Waals surface area contributed by atoms with Crippen molar-refractivity contribution in [3.63, 3.8) is 0 Å². The fourth-order valence-corrected chi connectivity index (χ4v) is 4.52. The third-order valence-electron chi connectivity index (χ3n) is 6.29. The molecule has 3 nitrogen and oxygen atoms in total. The first-order valence-corrected chi connectivity index (χ1v) is 9.48. The number of nitrogens with one attached hydrogen (secondary N) is 1. The molecule has 0 saturated carbocycles. The zero-order chi connectivity index (χ0) is 17.7. The number of halogens is 1. The van der Waals surface area contributed by atoms with Crippen LogP contribution in [0.5, 0.6) is 0 Å². The van der Waals surface area contributed by atoms with Crippen LogP contribution in [0.2, 0.25) is 0 Å². The standard InChI is InChI=1S/C22H24FN3/c1-16-5-6-20(23)19-7-10-26(21(16)19)18-4-2-3-17(13-18)25-11-8-22(9-12-25)14-24-15-22/h2-7,10,13,24H,8-9,11-12,14-15H2,1H3. The Hall–Kier alpha value is -2.33. The molecule has 2 aliphatic rings. The first-order chi connectivity index (χ1) is 12.7. The second-order valence-corrected chi connectivity index (χ2v) is 7.92. The molecule has 26 heavy (non-hydrogen) atoms. The zero-order valence-electron chi connectivity index (χ0n) is 15.1. The highest BCUT2D eigenvalue weighted by Crippen LogP contribution is 2.37. The van der Waals surface area contributed by atoms with E-state index in [1.54, 1.807) is 6.07 Å². The molecule has 0 bridgehead atoms. The van der Waals surface area contributed by atoms with E-state index >= 15 is 0 Å². The van der Waals surface area contributed by atoms with Crippen LogP contribution in [0.3, 0.4) is 0 Å². The SMILES string of the molecule is Cc1ccc(F)c2ccn(-c3cccc(N4CCC5(CC4)CNC5)c3)c12. The maximum absolute atomic E-state index is 14.2. The molecular weight excluding hydrogens is 325 g/mol. The predicted molar refractivity (Wildman–Crippen MR) is 105 cm³/mol. The van der Waals surface area contributed by atoms with Crippen molar-refractivity contribution in [1.29, 1.82) is 0 Å². The summed E-state index contributed by atoms with van der Waals surface area (Å²) in [6, 6.07) is 13.9. The van der Waals surface area contributed by atoms with Crippen molar-refractivity contribution in [2.24, 2.45) is 5.41 Å². The van der Waals surface area contributed by atoms with Crippen molar-refractivity contribution in [2.75, 3.05) is 31.1 Å². The van der Waals surface area contributed by atoms with Crippen molar-refractivity contribution >= 4 is 16.6 Å². The van der Waals surface area contributed by atoms with Crippen LogP contribution < -0.4 is 10.2 Å². The van der Waals surface area contributed by atoms with Gasteiger partial charge in [-0.15, -0.1) is 0 Å². The van der Waals surface area contributed by atoms with E-state index in [4.69, 9.17) is 0 Å². The van der Waals surface area contributed by atoms with Crippen LogP contribution in [0, 0.1) is 18.2 Å². The summed E-state index contributed by atoms with van der Waals surface area (Å²) in [5, 5.41) is 4.12. The minimum absolute atomic E-state index is 0.157. The van der Waals surface area contributed by atoms with Crippen molar-refractivity contribution in [1.82, 2.24) is 9.88 Å². The predicted octanol–water partition coefficient (Wildman–Crippen LogP) is 4.27. The van der Waals surface area contributed by atoms with Gasteiger partial charge in [0.05, 0.1) is 5.52 Å². The van der Waals surface area contributed by atoms with E-state index in [0.717, 1.165) is 29.9 Å². The van der Waals surface area contributed by atoms with Crippen LogP contribution in [-0.4, -0.2) is 30.7 Å². The quantitative estimate of drug-likeness (QED) is 0.746.